The number of aromatic carboxylic acids is 1. The molecule has 0 aliphatic carbocycles. The van der Waals surface area contributed by atoms with Crippen LogP contribution in [0.1, 0.15) is 27.6 Å². The number of carbonyl (C=O) groups is 1. The summed E-state index contributed by atoms with van der Waals surface area (Å²) in [6, 6.07) is 19.2. The van der Waals surface area contributed by atoms with Crippen LogP contribution in [0.4, 0.5) is 4.39 Å². The molecule has 0 unspecified atom stereocenters. The molecule has 4 rings (SSSR count). The second-order valence-electron chi connectivity index (χ2n) is 6.93. The Hall–Kier alpha value is -3.18. The first-order chi connectivity index (χ1) is 13.5. The molecule has 0 fully saturated rings. The molecule has 142 valence electrons. The normalized spacial score (nSPS) is 18.2. The van der Waals surface area contributed by atoms with Crippen molar-refractivity contribution < 1.29 is 24.1 Å². The first-order valence-electron chi connectivity index (χ1n) is 9.05. The summed E-state index contributed by atoms with van der Waals surface area (Å²) < 4.78 is 19.9. The van der Waals surface area contributed by atoms with E-state index in [1.807, 2.05) is 30.3 Å². The number of aliphatic hydroxyl groups is 1. The monoisotopic (exact) mass is 378 g/mol. The summed E-state index contributed by atoms with van der Waals surface area (Å²) in [6.45, 7) is 0.349. The molecule has 2 N–H and O–H groups in total. The van der Waals surface area contributed by atoms with Crippen LogP contribution in [0.15, 0.2) is 66.7 Å². The molecule has 1 aliphatic rings. The molecule has 0 spiro atoms. The summed E-state index contributed by atoms with van der Waals surface area (Å²) in [4.78, 5) is 11.5. The molecule has 0 amide bonds. The molecule has 28 heavy (non-hydrogen) atoms. The largest absolute Gasteiger partial charge is 0.493 e. The zero-order valence-electron chi connectivity index (χ0n) is 15.0. The van der Waals surface area contributed by atoms with Gasteiger partial charge in [-0.1, -0.05) is 54.6 Å². The topological polar surface area (TPSA) is 66.8 Å². The molecule has 0 saturated heterocycles. The van der Waals surface area contributed by atoms with Crippen molar-refractivity contribution in [1.29, 1.82) is 0 Å². The highest BCUT2D eigenvalue weighted by molar-refractivity contribution is 5.96. The maximum atomic E-state index is 14.0. The zero-order valence-corrected chi connectivity index (χ0v) is 15.0. The average Bonchev–Trinajstić information content (AvgIpc) is 2.70. The summed E-state index contributed by atoms with van der Waals surface area (Å²) in [6.07, 6.45) is 0.000416. The van der Waals surface area contributed by atoms with Crippen LogP contribution in [0, 0.1) is 11.7 Å². The Kier molecular flexibility index (Phi) is 4.84. The Morgan fingerprint density at radius 3 is 2.61 bits per heavy atom. The maximum Gasteiger partial charge on any atom is 0.339 e. The molecule has 0 bridgehead atoms. The predicted octanol–water partition coefficient (Wildman–Crippen LogP) is 4.48. The molecule has 1 aliphatic heterocycles. The van der Waals surface area contributed by atoms with Gasteiger partial charge in [-0.15, -0.1) is 0 Å². The first-order valence-corrected chi connectivity index (χ1v) is 9.05. The van der Waals surface area contributed by atoms with Crippen molar-refractivity contribution in [1.82, 2.24) is 0 Å². The van der Waals surface area contributed by atoms with Gasteiger partial charge in [0, 0.05) is 11.5 Å². The van der Waals surface area contributed by atoms with Gasteiger partial charge in [-0.3, -0.25) is 0 Å². The third kappa shape index (κ3) is 3.37. The van der Waals surface area contributed by atoms with E-state index in [0.717, 1.165) is 11.6 Å². The minimum atomic E-state index is -1.32. The van der Waals surface area contributed by atoms with E-state index in [-0.39, 0.29) is 17.0 Å². The summed E-state index contributed by atoms with van der Waals surface area (Å²) in [7, 11) is 0. The fourth-order valence-corrected chi connectivity index (χ4v) is 3.68. The number of rotatable bonds is 4. The predicted molar refractivity (Wildman–Crippen MR) is 103 cm³/mol. The van der Waals surface area contributed by atoms with E-state index in [1.165, 1.54) is 6.07 Å². The van der Waals surface area contributed by atoms with Crippen LogP contribution in [0.3, 0.4) is 0 Å². The van der Waals surface area contributed by atoms with Crippen LogP contribution in [0.5, 0.6) is 5.75 Å². The number of benzene rings is 3. The van der Waals surface area contributed by atoms with Crippen LogP contribution in [0.25, 0.3) is 11.1 Å². The lowest BCUT2D eigenvalue weighted by Crippen LogP contribution is -2.27. The summed E-state index contributed by atoms with van der Waals surface area (Å²) in [5, 5.41) is 20.1. The van der Waals surface area contributed by atoms with E-state index >= 15 is 0 Å². The van der Waals surface area contributed by atoms with Crippen LogP contribution in [0.2, 0.25) is 0 Å². The van der Waals surface area contributed by atoms with Crippen LogP contribution in [-0.4, -0.2) is 22.8 Å². The maximum absolute atomic E-state index is 14.0. The molecular formula is C23H19FO4. The molecule has 4 nitrogen and oxygen atoms in total. The minimum Gasteiger partial charge on any atom is -0.493 e. The van der Waals surface area contributed by atoms with E-state index < -0.39 is 17.9 Å². The number of halogens is 1. The quantitative estimate of drug-likeness (QED) is 0.703. The van der Waals surface area contributed by atoms with E-state index in [4.69, 9.17) is 4.74 Å². The third-order valence-electron chi connectivity index (χ3n) is 5.11. The van der Waals surface area contributed by atoms with Crippen molar-refractivity contribution in [3.05, 3.63) is 89.2 Å². The van der Waals surface area contributed by atoms with E-state index in [2.05, 4.69) is 0 Å². The second kappa shape index (κ2) is 7.44. The van der Waals surface area contributed by atoms with Crippen molar-refractivity contribution in [3.8, 4) is 16.9 Å². The molecule has 3 aromatic carbocycles. The highest BCUT2D eigenvalue weighted by Crippen LogP contribution is 2.40. The number of hydrogen-bond donors (Lipinski definition) is 2. The molecule has 1 heterocycles. The average molecular weight is 378 g/mol. The van der Waals surface area contributed by atoms with Crippen molar-refractivity contribution in [3.63, 3.8) is 0 Å². The summed E-state index contributed by atoms with van der Waals surface area (Å²) in [5.74, 6) is -1.69. The first kappa shape index (κ1) is 18.2. The number of hydrogen-bond acceptors (Lipinski definition) is 3. The highest BCUT2D eigenvalue weighted by Gasteiger charge is 2.30. The Morgan fingerprint density at radius 2 is 1.86 bits per heavy atom. The third-order valence-corrected chi connectivity index (χ3v) is 5.11. The van der Waals surface area contributed by atoms with E-state index in [9.17, 15) is 19.4 Å². The Bertz CT molecular complexity index is 1020. The Morgan fingerprint density at radius 1 is 1.07 bits per heavy atom. The lowest BCUT2D eigenvalue weighted by Gasteiger charge is -2.31. The van der Waals surface area contributed by atoms with Gasteiger partial charge in [0.25, 0.3) is 0 Å². The SMILES string of the molecule is O=C(O)c1c(F)cccc1-c1ccc2c(c1)OC[C@H](Cc1ccccc1)[C@H]2O. The number of aliphatic hydroxyl groups excluding tert-OH is 1. The number of carboxylic acid groups (broad SMARTS) is 1. The van der Waals surface area contributed by atoms with Crippen LogP contribution >= 0.6 is 0 Å². The molecule has 0 radical (unpaired) electrons. The smallest absolute Gasteiger partial charge is 0.339 e. The van der Waals surface area contributed by atoms with Gasteiger partial charge in [-0.05, 0) is 35.2 Å². The van der Waals surface area contributed by atoms with Crippen molar-refractivity contribution in [2.24, 2.45) is 5.92 Å². The number of carboxylic acids is 1. The van der Waals surface area contributed by atoms with Gasteiger partial charge in [-0.2, -0.15) is 0 Å². The van der Waals surface area contributed by atoms with Gasteiger partial charge in [0.2, 0.25) is 0 Å². The minimum absolute atomic E-state index is 0.0792. The van der Waals surface area contributed by atoms with Gasteiger partial charge in [0.15, 0.2) is 0 Å². The zero-order chi connectivity index (χ0) is 19.7. The fourth-order valence-electron chi connectivity index (χ4n) is 3.68. The molecule has 0 saturated carbocycles. The standard InChI is InChI=1S/C23H19FO4/c24-19-8-4-7-17(21(19)23(26)27)15-9-10-18-20(12-15)28-13-16(22(18)25)11-14-5-2-1-3-6-14/h1-10,12,16,22,25H,11,13H2,(H,26,27)/t16-,22+/m0/s1. The van der Waals surface area contributed by atoms with Crippen molar-refractivity contribution in [2.45, 2.75) is 12.5 Å². The lowest BCUT2D eigenvalue weighted by molar-refractivity contribution is 0.0508. The van der Waals surface area contributed by atoms with Crippen LogP contribution < -0.4 is 4.74 Å². The van der Waals surface area contributed by atoms with Gasteiger partial charge >= 0.3 is 5.97 Å². The van der Waals surface area contributed by atoms with Gasteiger partial charge in [0.1, 0.15) is 17.1 Å². The van der Waals surface area contributed by atoms with Crippen molar-refractivity contribution in [2.75, 3.05) is 6.61 Å². The van der Waals surface area contributed by atoms with Crippen molar-refractivity contribution >= 4 is 5.97 Å². The second-order valence-corrected chi connectivity index (χ2v) is 6.93. The van der Waals surface area contributed by atoms with Gasteiger partial charge in [-0.25, -0.2) is 9.18 Å². The van der Waals surface area contributed by atoms with Gasteiger partial charge < -0.3 is 14.9 Å². The fraction of sp³-hybridized carbons (Fsp3) is 0.174. The Labute approximate surface area is 161 Å². The molecule has 0 aromatic heterocycles. The molecule has 2 atom stereocenters. The molecule has 5 heteroatoms. The molecular weight excluding hydrogens is 359 g/mol. The highest BCUT2D eigenvalue weighted by atomic mass is 19.1. The summed E-state index contributed by atoms with van der Waals surface area (Å²) >= 11 is 0. The lowest BCUT2D eigenvalue weighted by atomic mass is 9.87. The number of fused-ring (bicyclic) bond motifs is 1. The Balaban J connectivity index is 1.65. The summed E-state index contributed by atoms with van der Waals surface area (Å²) in [5.41, 5.74) is 2.22. The molecule has 3 aromatic rings. The van der Waals surface area contributed by atoms with Gasteiger partial charge in [0.05, 0.1) is 12.7 Å². The van der Waals surface area contributed by atoms with E-state index in [0.29, 0.717) is 29.9 Å². The van der Waals surface area contributed by atoms with Crippen LogP contribution in [-0.2, 0) is 6.42 Å². The number of ether oxygens (including phenoxy) is 1. The van der Waals surface area contributed by atoms with E-state index in [1.54, 1.807) is 24.3 Å².